The maximum Gasteiger partial charge on any atom is 0.136 e. The molecule has 0 heterocycles. The largest absolute Gasteiger partial charge is 0.319 e. The average Bonchev–Trinajstić information content (AvgIpc) is 2.19. The zero-order valence-corrected chi connectivity index (χ0v) is 9.51. The third kappa shape index (κ3) is 3.79. The standard InChI is InChI=1S/C12H23NO/c1-10(9-13-2)8-12(14)11-6-4-3-5-7-11/h10-11,13H,3-9H2,1-2H3. The first kappa shape index (κ1) is 11.7. The van der Waals surface area contributed by atoms with Crippen LogP contribution in [0.15, 0.2) is 0 Å². The number of nitrogens with one attached hydrogen (secondary N) is 1. The van der Waals surface area contributed by atoms with Crippen molar-refractivity contribution in [3.05, 3.63) is 0 Å². The zero-order chi connectivity index (χ0) is 10.4. The van der Waals surface area contributed by atoms with Crippen molar-refractivity contribution in [1.29, 1.82) is 0 Å². The number of hydrogen-bond donors (Lipinski definition) is 1. The summed E-state index contributed by atoms with van der Waals surface area (Å²) in [6.07, 6.45) is 6.91. The Bertz CT molecular complexity index is 173. The molecular formula is C12H23NO. The molecule has 1 atom stereocenters. The molecule has 1 rings (SSSR count). The van der Waals surface area contributed by atoms with Gasteiger partial charge in [0.2, 0.25) is 0 Å². The molecule has 1 N–H and O–H groups in total. The summed E-state index contributed by atoms with van der Waals surface area (Å²) in [6, 6.07) is 0. The molecule has 1 aliphatic carbocycles. The molecule has 0 aromatic rings. The fourth-order valence-corrected chi connectivity index (χ4v) is 2.36. The van der Waals surface area contributed by atoms with E-state index in [1.807, 2.05) is 7.05 Å². The van der Waals surface area contributed by atoms with E-state index in [1.54, 1.807) is 0 Å². The van der Waals surface area contributed by atoms with Crippen LogP contribution in [0.25, 0.3) is 0 Å². The van der Waals surface area contributed by atoms with Crippen LogP contribution in [0.4, 0.5) is 0 Å². The number of carbonyl (C=O) groups is 1. The summed E-state index contributed by atoms with van der Waals surface area (Å²) >= 11 is 0. The van der Waals surface area contributed by atoms with Gasteiger partial charge in [-0.1, -0.05) is 26.2 Å². The van der Waals surface area contributed by atoms with Crippen LogP contribution in [0.5, 0.6) is 0 Å². The van der Waals surface area contributed by atoms with E-state index in [9.17, 15) is 4.79 Å². The fraction of sp³-hybridized carbons (Fsp3) is 0.917. The molecule has 0 amide bonds. The highest BCUT2D eigenvalue weighted by Gasteiger charge is 2.21. The summed E-state index contributed by atoms with van der Waals surface area (Å²) in [4.78, 5) is 11.9. The first-order chi connectivity index (χ1) is 6.74. The molecule has 1 unspecified atom stereocenters. The smallest absolute Gasteiger partial charge is 0.136 e. The second kappa shape index (κ2) is 6.18. The number of hydrogen-bond acceptors (Lipinski definition) is 2. The number of Topliss-reactive ketones (excluding diaryl/α,β-unsaturated/α-hetero) is 1. The van der Waals surface area contributed by atoms with Crippen molar-refractivity contribution in [1.82, 2.24) is 5.32 Å². The van der Waals surface area contributed by atoms with Crippen molar-refractivity contribution in [2.75, 3.05) is 13.6 Å². The molecule has 0 saturated heterocycles. The van der Waals surface area contributed by atoms with Crippen LogP contribution in [0.3, 0.4) is 0 Å². The van der Waals surface area contributed by atoms with Crippen LogP contribution in [0.2, 0.25) is 0 Å². The molecule has 0 aliphatic heterocycles. The minimum atomic E-state index is 0.392. The van der Waals surface area contributed by atoms with Crippen molar-refractivity contribution >= 4 is 5.78 Å². The first-order valence-corrected chi connectivity index (χ1v) is 5.91. The Hall–Kier alpha value is -0.370. The zero-order valence-electron chi connectivity index (χ0n) is 9.51. The Balaban J connectivity index is 2.25. The minimum absolute atomic E-state index is 0.392. The van der Waals surface area contributed by atoms with E-state index in [0.29, 0.717) is 17.6 Å². The highest BCUT2D eigenvalue weighted by atomic mass is 16.1. The quantitative estimate of drug-likeness (QED) is 0.733. The lowest BCUT2D eigenvalue weighted by Crippen LogP contribution is -2.24. The predicted octanol–water partition coefficient (Wildman–Crippen LogP) is 2.38. The van der Waals surface area contributed by atoms with Gasteiger partial charge in [0.1, 0.15) is 5.78 Å². The Morgan fingerprint density at radius 1 is 1.36 bits per heavy atom. The third-order valence-electron chi connectivity index (χ3n) is 3.16. The van der Waals surface area contributed by atoms with Crippen LogP contribution < -0.4 is 5.32 Å². The molecule has 1 fully saturated rings. The van der Waals surface area contributed by atoms with E-state index in [4.69, 9.17) is 0 Å². The van der Waals surface area contributed by atoms with Gasteiger partial charge in [0, 0.05) is 12.3 Å². The number of ketones is 1. The summed E-state index contributed by atoms with van der Waals surface area (Å²) in [5.41, 5.74) is 0. The SMILES string of the molecule is CNCC(C)CC(=O)C1CCCCC1. The monoisotopic (exact) mass is 197 g/mol. The molecule has 0 aromatic heterocycles. The van der Waals surface area contributed by atoms with Crippen molar-refractivity contribution in [3.8, 4) is 0 Å². The molecule has 1 saturated carbocycles. The molecule has 0 bridgehead atoms. The average molecular weight is 197 g/mol. The van der Waals surface area contributed by atoms with Gasteiger partial charge >= 0.3 is 0 Å². The van der Waals surface area contributed by atoms with Crippen LogP contribution in [0, 0.1) is 11.8 Å². The van der Waals surface area contributed by atoms with Crippen LogP contribution in [0.1, 0.15) is 45.4 Å². The van der Waals surface area contributed by atoms with Gasteiger partial charge in [-0.05, 0) is 32.4 Å². The lowest BCUT2D eigenvalue weighted by Gasteiger charge is -2.21. The normalized spacial score (nSPS) is 20.7. The minimum Gasteiger partial charge on any atom is -0.319 e. The van der Waals surface area contributed by atoms with Gasteiger partial charge in [0.15, 0.2) is 0 Å². The van der Waals surface area contributed by atoms with E-state index in [2.05, 4.69) is 12.2 Å². The van der Waals surface area contributed by atoms with E-state index in [1.165, 1.54) is 19.3 Å². The van der Waals surface area contributed by atoms with Crippen LogP contribution in [-0.4, -0.2) is 19.4 Å². The van der Waals surface area contributed by atoms with Crippen molar-refractivity contribution in [3.63, 3.8) is 0 Å². The Labute approximate surface area is 87.5 Å². The van der Waals surface area contributed by atoms with Crippen molar-refractivity contribution in [2.24, 2.45) is 11.8 Å². The fourth-order valence-electron chi connectivity index (χ4n) is 2.36. The van der Waals surface area contributed by atoms with Gasteiger partial charge in [-0.25, -0.2) is 0 Å². The highest BCUT2D eigenvalue weighted by molar-refractivity contribution is 5.81. The number of carbonyl (C=O) groups excluding carboxylic acids is 1. The van der Waals surface area contributed by atoms with Gasteiger partial charge in [0.05, 0.1) is 0 Å². The Morgan fingerprint density at radius 3 is 2.57 bits per heavy atom. The second-order valence-electron chi connectivity index (χ2n) is 4.67. The van der Waals surface area contributed by atoms with Crippen molar-refractivity contribution < 1.29 is 4.79 Å². The van der Waals surface area contributed by atoms with Crippen LogP contribution >= 0.6 is 0 Å². The van der Waals surface area contributed by atoms with Gasteiger partial charge in [0.25, 0.3) is 0 Å². The van der Waals surface area contributed by atoms with E-state index in [0.717, 1.165) is 25.8 Å². The molecule has 0 aromatic carbocycles. The topological polar surface area (TPSA) is 29.1 Å². The third-order valence-corrected chi connectivity index (χ3v) is 3.16. The molecule has 0 spiro atoms. The van der Waals surface area contributed by atoms with Crippen molar-refractivity contribution in [2.45, 2.75) is 45.4 Å². The summed E-state index contributed by atoms with van der Waals surface area (Å²) in [5.74, 6) is 1.39. The molecule has 0 radical (unpaired) electrons. The lowest BCUT2D eigenvalue weighted by molar-refractivity contribution is -0.124. The predicted molar refractivity (Wildman–Crippen MR) is 59.3 cm³/mol. The second-order valence-corrected chi connectivity index (χ2v) is 4.67. The molecule has 2 heteroatoms. The summed E-state index contributed by atoms with van der Waals surface area (Å²) < 4.78 is 0. The summed E-state index contributed by atoms with van der Waals surface area (Å²) in [6.45, 7) is 3.11. The van der Waals surface area contributed by atoms with E-state index < -0.39 is 0 Å². The van der Waals surface area contributed by atoms with Gasteiger partial charge in [-0.3, -0.25) is 4.79 Å². The van der Waals surface area contributed by atoms with E-state index in [-0.39, 0.29) is 0 Å². The first-order valence-electron chi connectivity index (χ1n) is 5.91. The Morgan fingerprint density at radius 2 is 2.00 bits per heavy atom. The molecular weight excluding hydrogens is 174 g/mol. The van der Waals surface area contributed by atoms with Gasteiger partial charge < -0.3 is 5.32 Å². The summed E-state index contributed by atoms with van der Waals surface area (Å²) in [5, 5.41) is 3.12. The van der Waals surface area contributed by atoms with E-state index >= 15 is 0 Å². The molecule has 14 heavy (non-hydrogen) atoms. The molecule has 2 nitrogen and oxygen atoms in total. The lowest BCUT2D eigenvalue weighted by atomic mass is 9.83. The highest BCUT2D eigenvalue weighted by Crippen LogP contribution is 2.26. The van der Waals surface area contributed by atoms with Gasteiger partial charge in [-0.15, -0.1) is 0 Å². The maximum atomic E-state index is 11.9. The van der Waals surface area contributed by atoms with Crippen LogP contribution in [-0.2, 0) is 4.79 Å². The molecule has 82 valence electrons. The Kier molecular flexibility index (Phi) is 5.16. The maximum absolute atomic E-state index is 11.9. The number of rotatable bonds is 5. The molecule has 1 aliphatic rings. The summed E-state index contributed by atoms with van der Waals surface area (Å²) in [7, 11) is 1.95. The van der Waals surface area contributed by atoms with Gasteiger partial charge in [-0.2, -0.15) is 0 Å².